The van der Waals surface area contributed by atoms with Gasteiger partial charge >= 0.3 is 0 Å². The van der Waals surface area contributed by atoms with Crippen molar-refractivity contribution in [1.82, 2.24) is 0 Å². The Morgan fingerprint density at radius 1 is 1.45 bits per heavy atom. The van der Waals surface area contributed by atoms with E-state index < -0.39 is 5.79 Å². The van der Waals surface area contributed by atoms with Crippen molar-refractivity contribution in [2.24, 2.45) is 5.92 Å². The predicted molar refractivity (Wildman–Crippen MR) is 38.0 cm³/mol. The van der Waals surface area contributed by atoms with Crippen molar-refractivity contribution < 1.29 is 14.3 Å². The first kappa shape index (κ1) is 7.25. The summed E-state index contributed by atoms with van der Waals surface area (Å²) < 4.78 is 10.9. The van der Waals surface area contributed by atoms with Crippen LogP contribution in [0.1, 0.15) is 19.8 Å². The van der Waals surface area contributed by atoms with Crippen LogP contribution in [0, 0.1) is 5.92 Å². The molecule has 3 nitrogen and oxygen atoms in total. The molecule has 0 aromatic rings. The zero-order valence-corrected chi connectivity index (χ0v) is 6.63. The van der Waals surface area contributed by atoms with Gasteiger partial charge in [0.1, 0.15) is 5.78 Å². The summed E-state index contributed by atoms with van der Waals surface area (Å²) in [4.78, 5) is 11.2. The minimum absolute atomic E-state index is 0.0648. The quantitative estimate of drug-likeness (QED) is 0.518. The van der Waals surface area contributed by atoms with Gasteiger partial charge in [0.2, 0.25) is 0 Å². The van der Waals surface area contributed by atoms with E-state index in [-0.39, 0.29) is 11.7 Å². The second-order valence-corrected chi connectivity index (χ2v) is 3.20. The summed E-state index contributed by atoms with van der Waals surface area (Å²) in [5.41, 5.74) is 0. The van der Waals surface area contributed by atoms with Gasteiger partial charge < -0.3 is 9.47 Å². The van der Waals surface area contributed by atoms with Gasteiger partial charge in [0.15, 0.2) is 5.79 Å². The van der Waals surface area contributed by atoms with Crippen LogP contribution in [-0.2, 0) is 14.3 Å². The molecule has 1 aliphatic carbocycles. The molecular formula is C8H12O3. The number of ether oxygens (including phenoxy) is 2. The number of rotatable bonds is 0. The van der Waals surface area contributed by atoms with Gasteiger partial charge in [0.25, 0.3) is 0 Å². The molecule has 0 aromatic heterocycles. The number of carbonyl (C=O) groups is 1. The molecule has 1 saturated heterocycles. The van der Waals surface area contributed by atoms with Gasteiger partial charge in [-0.1, -0.05) is 6.92 Å². The monoisotopic (exact) mass is 156 g/mol. The molecule has 1 aliphatic heterocycles. The lowest BCUT2D eigenvalue weighted by Gasteiger charge is -2.24. The Morgan fingerprint density at radius 2 is 2.09 bits per heavy atom. The first-order valence-corrected chi connectivity index (χ1v) is 4.05. The summed E-state index contributed by atoms with van der Waals surface area (Å²) in [6.45, 7) is 3.16. The molecule has 1 heterocycles. The first-order valence-electron chi connectivity index (χ1n) is 4.05. The van der Waals surface area contributed by atoms with Gasteiger partial charge in [-0.05, 0) is 0 Å². The molecule has 2 aliphatic rings. The van der Waals surface area contributed by atoms with Crippen LogP contribution in [0.25, 0.3) is 0 Å². The third-order valence-electron chi connectivity index (χ3n) is 2.64. The fraction of sp³-hybridized carbons (Fsp3) is 0.875. The molecule has 0 radical (unpaired) electrons. The smallest absolute Gasteiger partial charge is 0.178 e. The van der Waals surface area contributed by atoms with Crippen molar-refractivity contribution in [2.75, 3.05) is 13.2 Å². The minimum atomic E-state index is -0.531. The molecule has 62 valence electrons. The van der Waals surface area contributed by atoms with Crippen molar-refractivity contribution in [3.05, 3.63) is 0 Å². The predicted octanol–water partition coefficient (Wildman–Crippen LogP) is 0.728. The second-order valence-electron chi connectivity index (χ2n) is 3.20. The van der Waals surface area contributed by atoms with Crippen molar-refractivity contribution in [2.45, 2.75) is 25.6 Å². The van der Waals surface area contributed by atoms with Gasteiger partial charge in [-0.15, -0.1) is 0 Å². The fourth-order valence-corrected chi connectivity index (χ4v) is 1.84. The molecular weight excluding hydrogens is 144 g/mol. The van der Waals surface area contributed by atoms with E-state index in [0.29, 0.717) is 19.6 Å². The first-order chi connectivity index (χ1) is 5.25. The summed E-state index contributed by atoms with van der Waals surface area (Å²) in [5, 5.41) is 0. The number of Topliss-reactive ketones (excluding diaryl/α,β-unsaturated/α-hetero) is 1. The van der Waals surface area contributed by atoms with Gasteiger partial charge in [0.05, 0.1) is 19.1 Å². The average molecular weight is 156 g/mol. The Hall–Kier alpha value is -0.410. The highest BCUT2D eigenvalue weighted by Gasteiger charge is 2.49. The lowest BCUT2D eigenvalue weighted by Crippen LogP contribution is -2.34. The lowest BCUT2D eigenvalue weighted by molar-refractivity contribution is -0.179. The third-order valence-corrected chi connectivity index (χ3v) is 2.64. The zero-order chi connectivity index (χ0) is 7.90. The van der Waals surface area contributed by atoms with Gasteiger partial charge in [0, 0.05) is 12.8 Å². The van der Waals surface area contributed by atoms with E-state index in [4.69, 9.17) is 9.47 Å². The standard InChI is InChI=1S/C8H12O3/c1-6-7(9)2-3-8(6)10-4-5-11-8/h6H,2-5H2,1H3. The molecule has 11 heavy (non-hydrogen) atoms. The van der Waals surface area contributed by atoms with E-state index >= 15 is 0 Å². The summed E-state index contributed by atoms with van der Waals surface area (Å²) in [7, 11) is 0. The highest BCUT2D eigenvalue weighted by atomic mass is 16.7. The van der Waals surface area contributed by atoms with Gasteiger partial charge in [-0.3, -0.25) is 4.79 Å². The van der Waals surface area contributed by atoms with Crippen LogP contribution < -0.4 is 0 Å². The Morgan fingerprint density at radius 3 is 2.55 bits per heavy atom. The van der Waals surface area contributed by atoms with E-state index in [1.165, 1.54) is 0 Å². The Labute approximate surface area is 65.7 Å². The SMILES string of the molecule is CC1C(=O)CCC12OCCO2. The largest absolute Gasteiger partial charge is 0.347 e. The van der Waals surface area contributed by atoms with E-state index in [1.54, 1.807) is 0 Å². The van der Waals surface area contributed by atoms with Crippen molar-refractivity contribution in [3.63, 3.8) is 0 Å². The topological polar surface area (TPSA) is 35.5 Å². The van der Waals surface area contributed by atoms with Crippen LogP contribution >= 0.6 is 0 Å². The van der Waals surface area contributed by atoms with Crippen molar-refractivity contribution >= 4 is 5.78 Å². The van der Waals surface area contributed by atoms with Crippen LogP contribution in [-0.4, -0.2) is 24.8 Å². The van der Waals surface area contributed by atoms with Crippen LogP contribution in [0.5, 0.6) is 0 Å². The summed E-state index contributed by atoms with van der Waals surface area (Å²) in [6.07, 6.45) is 1.36. The normalized spacial score (nSPS) is 35.4. The molecule has 0 aromatic carbocycles. The molecule has 3 heteroatoms. The minimum Gasteiger partial charge on any atom is -0.347 e. The van der Waals surface area contributed by atoms with E-state index in [0.717, 1.165) is 6.42 Å². The highest BCUT2D eigenvalue weighted by molar-refractivity contribution is 5.84. The van der Waals surface area contributed by atoms with Gasteiger partial charge in [-0.2, -0.15) is 0 Å². The van der Waals surface area contributed by atoms with Gasteiger partial charge in [-0.25, -0.2) is 0 Å². The summed E-state index contributed by atoms with van der Waals surface area (Å²) in [5.74, 6) is -0.325. The Balaban J connectivity index is 2.19. The number of hydrogen-bond donors (Lipinski definition) is 0. The van der Waals surface area contributed by atoms with E-state index in [9.17, 15) is 4.79 Å². The molecule has 0 amide bonds. The zero-order valence-electron chi connectivity index (χ0n) is 6.63. The van der Waals surface area contributed by atoms with Crippen LogP contribution in [0.3, 0.4) is 0 Å². The molecule has 1 unspecified atom stereocenters. The maximum Gasteiger partial charge on any atom is 0.178 e. The van der Waals surface area contributed by atoms with Crippen LogP contribution in [0.15, 0.2) is 0 Å². The molecule has 1 spiro atoms. The highest BCUT2D eigenvalue weighted by Crippen LogP contribution is 2.39. The lowest BCUT2D eigenvalue weighted by atomic mass is 10.1. The second kappa shape index (κ2) is 2.29. The Kier molecular flexibility index (Phi) is 1.51. The maximum absolute atomic E-state index is 11.2. The van der Waals surface area contributed by atoms with Crippen LogP contribution in [0.2, 0.25) is 0 Å². The molecule has 1 saturated carbocycles. The molecule has 2 rings (SSSR count). The molecule has 0 N–H and O–H groups in total. The molecule has 2 fully saturated rings. The number of carbonyl (C=O) groups excluding carboxylic acids is 1. The van der Waals surface area contributed by atoms with Crippen molar-refractivity contribution in [1.29, 1.82) is 0 Å². The number of hydrogen-bond acceptors (Lipinski definition) is 3. The third kappa shape index (κ3) is 0.914. The summed E-state index contributed by atoms with van der Waals surface area (Å²) in [6, 6.07) is 0. The van der Waals surface area contributed by atoms with E-state index in [1.807, 2.05) is 6.92 Å². The Bertz CT molecular complexity index is 182. The number of ketones is 1. The van der Waals surface area contributed by atoms with E-state index in [2.05, 4.69) is 0 Å². The molecule has 1 atom stereocenters. The summed E-state index contributed by atoms with van der Waals surface area (Å²) >= 11 is 0. The fourth-order valence-electron chi connectivity index (χ4n) is 1.84. The average Bonchev–Trinajstić information content (AvgIpc) is 2.56. The van der Waals surface area contributed by atoms with Crippen molar-refractivity contribution in [3.8, 4) is 0 Å². The molecule has 0 bridgehead atoms. The maximum atomic E-state index is 11.2. The van der Waals surface area contributed by atoms with Crippen LogP contribution in [0.4, 0.5) is 0 Å².